The fourth-order valence-corrected chi connectivity index (χ4v) is 3.62. The van der Waals surface area contributed by atoms with E-state index in [1.54, 1.807) is 18.3 Å². The summed E-state index contributed by atoms with van der Waals surface area (Å²) >= 11 is 0. The Morgan fingerprint density at radius 2 is 1.75 bits per heavy atom. The monoisotopic (exact) mass is 384 g/mol. The lowest BCUT2D eigenvalue weighted by Gasteiger charge is -2.13. The third kappa shape index (κ3) is 3.09. The van der Waals surface area contributed by atoms with Gasteiger partial charge in [-0.05, 0) is 36.1 Å². The summed E-state index contributed by atoms with van der Waals surface area (Å²) in [5, 5.41) is 1.55. The van der Waals surface area contributed by atoms with E-state index in [4.69, 9.17) is 0 Å². The van der Waals surface area contributed by atoms with Crippen LogP contribution in [-0.2, 0) is 0 Å². The lowest BCUT2D eigenvalue weighted by atomic mass is 10.0. The molecule has 0 N–H and O–H groups in total. The van der Waals surface area contributed by atoms with E-state index in [2.05, 4.69) is 29.8 Å². The van der Waals surface area contributed by atoms with Crippen LogP contribution in [0.25, 0.3) is 27.5 Å². The van der Waals surface area contributed by atoms with Gasteiger partial charge >= 0.3 is 6.36 Å². The van der Waals surface area contributed by atoms with Crippen molar-refractivity contribution in [2.45, 2.75) is 33.1 Å². The Kier molecular flexibility index (Phi) is 4.29. The highest BCUT2D eigenvalue weighted by molar-refractivity contribution is 6.07. The predicted octanol–water partition coefficient (Wildman–Crippen LogP) is 6.51. The first-order chi connectivity index (χ1) is 13.3. The number of ether oxygens (including phenoxy) is 1. The van der Waals surface area contributed by atoms with E-state index in [0.717, 1.165) is 27.7 Å². The third-order valence-electron chi connectivity index (χ3n) is 4.87. The zero-order valence-corrected chi connectivity index (χ0v) is 15.7. The van der Waals surface area contributed by atoms with Gasteiger partial charge in [0.15, 0.2) is 5.75 Å². The van der Waals surface area contributed by atoms with Crippen LogP contribution in [0.5, 0.6) is 5.75 Å². The van der Waals surface area contributed by atoms with Gasteiger partial charge in [0, 0.05) is 28.9 Å². The van der Waals surface area contributed by atoms with Crippen LogP contribution < -0.4 is 4.74 Å². The average Bonchev–Trinajstić information content (AvgIpc) is 3.01. The van der Waals surface area contributed by atoms with Crippen LogP contribution in [0.3, 0.4) is 0 Å². The van der Waals surface area contributed by atoms with Gasteiger partial charge in [-0.3, -0.25) is 4.98 Å². The lowest BCUT2D eigenvalue weighted by Crippen LogP contribution is -2.17. The molecule has 0 spiro atoms. The van der Waals surface area contributed by atoms with Gasteiger partial charge in [0.05, 0.1) is 5.52 Å². The minimum Gasteiger partial charge on any atom is -0.403 e. The molecule has 0 atom stereocenters. The Hall–Kier alpha value is -3.02. The molecule has 0 fully saturated rings. The number of hydrogen-bond donors (Lipinski definition) is 0. The maximum Gasteiger partial charge on any atom is 0.573 e. The van der Waals surface area contributed by atoms with Crippen molar-refractivity contribution in [3.05, 3.63) is 66.0 Å². The third-order valence-corrected chi connectivity index (χ3v) is 4.87. The van der Waals surface area contributed by atoms with Gasteiger partial charge in [-0.15, -0.1) is 13.2 Å². The van der Waals surface area contributed by atoms with Crippen molar-refractivity contribution in [2.75, 3.05) is 0 Å². The summed E-state index contributed by atoms with van der Waals surface area (Å²) in [6, 6.07) is 12.6. The van der Waals surface area contributed by atoms with Crippen molar-refractivity contribution in [3.8, 4) is 11.4 Å². The molecule has 0 radical (unpaired) electrons. The first kappa shape index (κ1) is 18.3. The maximum atomic E-state index is 12.8. The number of nitrogens with zero attached hydrogens (tertiary/aromatic N) is 2. The standard InChI is InChI=1S/C22H19F3N2O/c1-13(2)17-12-27(18-9-5-4-7-14(18)3)21-15-8-6-10-19(28-22(23,24)25)20(15)26-11-16(17)21/h4-13H,1-3H3. The Morgan fingerprint density at radius 3 is 2.43 bits per heavy atom. The van der Waals surface area contributed by atoms with Gasteiger partial charge in [-0.2, -0.15) is 0 Å². The second-order valence-electron chi connectivity index (χ2n) is 7.12. The molecular weight excluding hydrogens is 365 g/mol. The molecule has 3 nitrogen and oxygen atoms in total. The SMILES string of the molecule is Cc1ccccc1-n1cc(C(C)C)c2cnc3c(OC(F)(F)F)cccc3c21. The van der Waals surface area contributed by atoms with E-state index in [0.29, 0.717) is 5.39 Å². The Balaban J connectivity index is 2.10. The molecule has 0 unspecified atom stereocenters. The molecule has 28 heavy (non-hydrogen) atoms. The van der Waals surface area contributed by atoms with Crippen molar-refractivity contribution >= 4 is 21.8 Å². The van der Waals surface area contributed by atoms with E-state index in [1.807, 2.05) is 35.8 Å². The molecule has 4 rings (SSSR count). The predicted molar refractivity (Wildman–Crippen MR) is 104 cm³/mol. The van der Waals surface area contributed by atoms with Crippen LogP contribution in [0, 0.1) is 6.92 Å². The van der Waals surface area contributed by atoms with E-state index in [9.17, 15) is 13.2 Å². The van der Waals surface area contributed by atoms with Crippen molar-refractivity contribution in [1.29, 1.82) is 0 Å². The zero-order chi connectivity index (χ0) is 20.1. The van der Waals surface area contributed by atoms with Gasteiger partial charge in [0.1, 0.15) is 5.52 Å². The molecule has 4 aromatic rings. The molecular formula is C22H19F3N2O. The molecule has 6 heteroatoms. The summed E-state index contributed by atoms with van der Waals surface area (Å²) in [6.07, 6.45) is -1.08. The summed E-state index contributed by atoms with van der Waals surface area (Å²) in [4.78, 5) is 4.33. The lowest BCUT2D eigenvalue weighted by molar-refractivity contribution is -0.274. The summed E-state index contributed by atoms with van der Waals surface area (Å²) in [7, 11) is 0. The number of para-hydroxylation sites is 2. The second-order valence-corrected chi connectivity index (χ2v) is 7.12. The summed E-state index contributed by atoms with van der Waals surface area (Å²) < 4.78 is 44.8. The first-order valence-corrected chi connectivity index (χ1v) is 9.00. The number of hydrogen-bond acceptors (Lipinski definition) is 2. The van der Waals surface area contributed by atoms with Crippen LogP contribution >= 0.6 is 0 Å². The number of rotatable bonds is 3. The van der Waals surface area contributed by atoms with Crippen molar-refractivity contribution in [3.63, 3.8) is 0 Å². The number of fused-ring (bicyclic) bond motifs is 3. The van der Waals surface area contributed by atoms with Crippen LogP contribution in [0.2, 0.25) is 0 Å². The molecule has 0 aliphatic rings. The number of aryl methyl sites for hydroxylation is 1. The van der Waals surface area contributed by atoms with Gasteiger partial charge in [-0.25, -0.2) is 0 Å². The normalized spacial score (nSPS) is 12.2. The first-order valence-electron chi connectivity index (χ1n) is 9.00. The Bertz CT molecular complexity index is 1180. The van der Waals surface area contributed by atoms with E-state index in [1.165, 1.54) is 6.07 Å². The van der Waals surface area contributed by atoms with Gasteiger partial charge in [0.25, 0.3) is 0 Å². The number of alkyl halides is 3. The van der Waals surface area contributed by atoms with Gasteiger partial charge in [-0.1, -0.05) is 44.2 Å². The van der Waals surface area contributed by atoms with Gasteiger partial charge < -0.3 is 9.30 Å². The molecule has 0 aliphatic heterocycles. The molecule has 2 aromatic heterocycles. The Labute approximate surface area is 160 Å². The van der Waals surface area contributed by atoms with Crippen molar-refractivity contribution in [2.24, 2.45) is 0 Å². The molecule has 0 bridgehead atoms. The number of aromatic nitrogens is 2. The van der Waals surface area contributed by atoms with E-state index in [-0.39, 0.29) is 17.2 Å². The average molecular weight is 384 g/mol. The Morgan fingerprint density at radius 1 is 1.00 bits per heavy atom. The largest absolute Gasteiger partial charge is 0.573 e. The van der Waals surface area contributed by atoms with E-state index < -0.39 is 6.36 Å². The summed E-state index contributed by atoms with van der Waals surface area (Å²) in [5.41, 5.74) is 4.16. The topological polar surface area (TPSA) is 27.1 Å². The fourth-order valence-electron chi connectivity index (χ4n) is 3.62. The smallest absolute Gasteiger partial charge is 0.403 e. The van der Waals surface area contributed by atoms with Crippen LogP contribution in [0.1, 0.15) is 30.9 Å². The molecule has 0 saturated carbocycles. The maximum absolute atomic E-state index is 12.8. The molecule has 2 heterocycles. The number of halogens is 3. The van der Waals surface area contributed by atoms with E-state index >= 15 is 0 Å². The van der Waals surface area contributed by atoms with Crippen LogP contribution in [0.15, 0.2) is 54.9 Å². The fraction of sp³-hybridized carbons (Fsp3) is 0.227. The molecule has 0 aliphatic carbocycles. The summed E-state index contributed by atoms with van der Waals surface area (Å²) in [6.45, 7) is 6.19. The minimum atomic E-state index is -4.77. The highest BCUT2D eigenvalue weighted by Crippen LogP contribution is 2.38. The molecule has 0 saturated heterocycles. The van der Waals surface area contributed by atoms with Crippen molar-refractivity contribution in [1.82, 2.24) is 9.55 Å². The zero-order valence-electron chi connectivity index (χ0n) is 15.7. The highest BCUT2D eigenvalue weighted by Gasteiger charge is 2.32. The quantitative estimate of drug-likeness (QED) is 0.403. The molecule has 2 aromatic carbocycles. The number of benzene rings is 2. The molecule has 0 amide bonds. The van der Waals surface area contributed by atoms with Gasteiger partial charge in [0.2, 0.25) is 0 Å². The van der Waals surface area contributed by atoms with Crippen LogP contribution in [-0.4, -0.2) is 15.9 Å². The minimum absolute atomic E-state index is 0.190. The molecule has 144 valence electrons. The van der Waals surface area contributed by atoms with Crippen molar-refractivity contribution < 1.29 is 17.9 Å². The highest BCUT2D eigenvalue weighted by atomic mass is 19.4. The number of pyridine rings is 1. The second kappa shape index (κ2) is 6.55. The summed E-state index contributed by atoms with van der Waals surface area (Å²) in [5.74, 6) is -0.0582. The van der Waals surface area contributed by atoms with Crippen LogP contribution in [0.4, 0.5) is 13.2 Å².